The van der Waals surface area contributed by atoms with Gasteiger partial charge in [-0.2, -0.15) is 8.42 Å². The van der Waals surface area contributed by atoms with Crippen LogP contribution in [0.15, 0.2) is 47.4 Å². The van der Waals surface area contributed by atoms with E-state index in [4.69, 9.17) is 4.18 Å². The average molecular weight is 332 g/mol. The Kier molecular flexibility index (Phi) is 4.85. The average Bonchev–Trinajstić information content (AvgIpc) is 2.46. The van der Waals surface area contributed by atoms with Crippen molar-refractivity contribution in [1.82, 2.24) is 0 Å². The number of aryl methyl sites for hydroxylation is 2. The molecule has 0 spiro atoms. The second-order valence-corrected chi connectivity index (χ2v) is 8.33. The summed E-state index contributed by atoms with van der Waals surface area (Å²) in [7, 11) is -3.83. The lowest BCUT2D eigenvalue weighted by molar-refractivity contribution is 0.470. The summed E-state index contributed by atoms with van der Waals surface area (Å²) in [6.07, 6.45) is 0.897. The molecule has 0 N–H and O–H groups in total. The van der Waals surface area contributed by atoms with Gasteiger partial charge < -0.3 is 4.18 Å². The highest BCUT2D eigenvalue weighted by Gasteiger charge is 2.24. The van der Waals surface area contributed by atoms with Crippen LogP contribution in [0.3, 0.4) is 0 Å². The Morgan fingerprint density at radius 2 is 1.61 bits per heavy atom. The second-order valence-electron chi connectivity index (χ2n) is 6.78. The van der Waals surface area contributed by atoms with Crippen molar-refractivity contribution in [1.29, 1.82) is 0 Å². The summed E-state index contributed by atoms with van der Waals surface area (Å²) in [6.45, 7) is 10.1. The van der Waals surface area contributed by atoms with Crippen LogP contribution in [-0.4, -0.2) is 8.42 Å². The van der Waals surface area contributed by atoms with Crippen molar-refractivity contribution in [3.8, 4) is 5.75 Å². The molecule has 2 aromatic rings. The van der Waals surface area contributed by atoms with Crippen molar-refractivity contribution in [3.05, 3.63) is 59.2 Å². The van der Waals surface area contributed by atoms with E-state index in [1.54, 1.807) is 30.3 Å². The van der Waals surface area contributed by atoms with E-state index in [1.165, 1.54) is 0 Å². The zero-order valence-electron chi connectivity index (χ0n) is 14.4. The van der Waals surface area contributed by atoms with Gasteiger partial charge in [-0.25, -0.2) is 0 Å². The summed E-state index contributed by atoms with van der Waals surface area (Å²) in [5.41, 5.74) is 2.86. The normalized spacial score (nSPS) is 12.2. The third-order valence-electron chi connectivity index (χ3n) is 3.77. The monoisotopic (exact) mass is 332 g/mol. The summed E-state index contributed by atoms with van der Waals surface area (Å²) >= 11 is 0. The lowest BCUT2D eigenvalue weighted by Gasteiger charge is -2.23. The number of hydrogen-bond acceptors (Lipinski definition) is 3. The Bertz CT molecular complexity index is 782. The topological polar surface area (TPSA) is 43.4 Å². The Morgan fingerprint density at radius 1 is 1.00 bits per heavy atom. The van der Waals surface area contributed by atoms with E-state index in [0.29, 0.717) is 5.75 Å². The number of benzene rings is 2. The van der Waals surface area contributed by atoms with Gasteiger partial charge in [0.05, 0.1) is 0 Å². The molecule has 3 nitrogen and oxygen atoms in total. The third kappa shape index (κ3) is 4.14. The number of hydrogen-bond donors (Lipinski definition) is 0. The van der Waals surface area contributed by atoms with Gasteiger partial charge in [-0.3, -0.25) is 0 Å². The molecule has 0 radical (unpaired) electrons. The van der Waals surface area contributed by atoms with Crippen molar-refractivity contribution < 1.29 is 12.6 Å². The smallest absolute Gasteiger partial charge is 0.339 e. The summed E-state index contributed by atoms with van der Waals surface area (Å²) < 4.78 is 30.5. The minimum absolute atomic E-state index is 0.169. The molecule has 0 bridgehead atoms. The molecule has 0 heterocycles. The molecule has 124 valence electrons. The van der Waals surface area contributed by atoms with E-state index < -0.39 is 10.1 Å². The highest BCUT2D eigenvalue weighted by atomic mass is 32.2. The molecule has 0 unspecified atom stereocenters. The second kappa shape index (κ2) is 6.36. The molecule has 2 aromatic carbocycles. The first-order chi connectivity index (χ1) is 10.6. The summed E-state index contributed by atoms with van der Waals surface area (Å²) in [5, 5.41) is 0. The predicted octanol–water partition coefficient (Wildman–Crippen LogP) is 4.62. The van der Waals surface area contributed by atoms with E-state index in [9.17, 15) is 8.42 Å². The molecule has 0 aromatic heterocycles. The van der Waals surface area contributed by atoms with Gasteiger partial charge in [-0.05, 0) is 42.5 Å². The molecule has 4 heteroatoms. The van der Waals surface area contributed by atoms with Crippen LogP contribution >= 0.6 is 0 Å². The summed E-state index contributed by atoms with van der Waals surface area (Å²) in [5.74, 6) is 0.398. The van der Waals surface area contributed by atoms with Gasteiger partial charge in [0.1, 0.15) is 10.6 Å². The molecule has 0 aliphatic heterocycles. The lowest BCUT2D eigenvalue weighted by atomic mass is 9.85. The fraction of sp³-hybridized carbons (Fsp3) is 0.368. The Hall–Kier alpha value is -1.81. The first-order valence-corrected chi connectivity index (χ1v) is 9.19. The molecule has 0 fully saturated rings. The van der Waals surface area contributed by atoms with Crippen molar-refractivity contribution in [2.45, 2.75) is 51.3 Å². The van der Waals surface area contributed by atoms with E-state index in [-0.39, 0.29) is 10.3 Å². The molecule has 2 rings (SSSR count). The molecule has 0 saturated heterocycles. The standard InChI is InChI=1S/C19H24O3S/c1-6-15-9-12-18(17(13-15)19(3,4)5)22-23(20,21)16-10-7-14(2)8-11-16/h7-13H,6H2,1-5H3. The van der Waals surface area contributed by atoms with Crippen molar-refractivity contribution in [2.75, 3.05) is 0 Å². The maximum absolute atomic E-state index is 12.5. The highest BCUT2D eigenvalue weighted by Crippen LogP contribution is 2.34. The van der Waals surface area contributed by atoms with Crippen LogP contribution in [0.1, 0.15) is 44.4 Å². The lowest BCUT2D eigenvalue weighted by Crippen LogP contribution is -2.17. The van der Waals surface area contributed by atoms with Crippen LogP contribution in [0.4, 0.5) is 0 Å². The summed E-state index contributed by atoms with van der Waals surface area (Å²) in [6, 6.07) is 12.4. The van der Waals surface area contributed by atoms with Crippen LogP contribution < -0.4 is 4.18 Å². The van der Waals surface area contributed by atoms with Gasteiger partial charge in [-0.15, -0.1) is 0 Å². The van der Waals surface area contributed by atoms with Gasteiger partial charge in [0.25, 0.3) is 0 Å². The fourth-order valence-corrected chi connectivity index (χ4v) is 3.27. The van der Waals surface area contributed by atoms with Crippen molar-refractivity contribution >= 4 is 10.1 Å². The Balaban J connectivity index is 2.45. The van der Waals surface area contributed by atoms with Crippen molar-refractivity contribution in [3.63, 3.8) is 0 Å². The van der Waals surface area contributed by atoms with Crippen molar-refractivity contribution in [2.24, 2.45) is 0 Å². The molecule has 0 saturated carbocycles. The zero-order chi connectivity index (χ0) is 17.3. The van der Waals surface area contributed by atoms with Gasteiger partial charge in [0.15, 0.2) is 0 Å². The molecule has 0 amide bonds. The Labute approximate surface area is 139 Å². The molecule has 0 atom stereocenters. The molecule has 0 aliphatic rings. The summed E-state index contributed by atoms with van der Waals surface area (Å²) in [4.78, 5) is 0.169. The molecule has 23 heavy (non-hydrogen) atoms. The van der Waals surface area contributed by atoms with E-state index in [0.717, 1.165) is 23.1 Å². The first kappa shape index (κ1) is 17.5. The largest absolute Gasteiger partial charge is 0.379 e. The Morgan fingerprint density at radius 3 is 2.13 bits per heavy atom. The maximum atomic E-state index is 12.5. The van der Waals surface area contributed by atoms with Crippen LogP contribution in [0.25, 0.3) is 0 Å². The molecule has 0 aliphatic carbocycles. The van der Waals surface area contributed by atoms with Crippen LogP contribution in [0.2, 0.25) is 0 Å². The first-order valence-electron chi connectivity index (χ1n) is 7.78. The quantitative estimate of drug-likeness (QED) is 0.767. The van der Waals surface area contributed by atoms with Gasteiger partial charge in [0, 0.05) is 5.56 Å². The minimum atomic E-state index is -3.83. The minimum Gasteiger partial charge on any atom is -0.379 e. The molecular weight excluding hydrogens is 308 g/mol. The SMILES string of the molecule is CCc1ccc(OS(=O)(=O)c2ccc(C)cc2)c(C(C)(C)C)c1. The number of rotatable bonds is 4. The zero-order valence-corrected chi connectivity index (χ0v) is 15.2. The molecular formula is C19H24O3S. The maximum Gasteiger partial charge on any atom is 0.339 e. The van der Waals surface area contributed by atoms with Crippen LogP contribution in [0, 0.1) is 6.92 Å². The van der Waals surface area contributed by atoms with Gasteiger partial charge in [-0.1, -0.05) is 57.5 Å². The van der Waals surface area contributed by atoms with E-state index >= 15 is 0 Å². The van der Waals surface area contributed by atoms with E-state index in [2.05, 4.69) is 6.92 Å². The third-order valence-corrected chi connectivity index (χ3v) is 5.02. The predicted molar refractivity (Wildman–Crippen MR) is 93.5 cm³/mol. The van der Waals surface area contributed by atoms with Crippen LogP contribution in [0.5, 0.6) is 5.75 Å². The highest BCUT2D eigenvalue weighted by molar-refractivity contribution is 7.87. The van der Waals surface area contributed by atoms with Gasteiger partial charge >= 0.3 is 10.1 Å². The van der Waals surface area contributed by atoms with Crippen LogP contribution in [-0.2, 0) is 22.0 Å². The van der Waals surface area contributed by atoms with Gasteiger partial charge in [0.2, 0.25) is 0 Å². The fourth-order valence-electron chi connectivity index (χ4n) is 2.33. The van der Waals surface area contributed by atoms with E-state index in [1.807, 2.05) is 39.8 Å².